The SMILES string of the molecule is O=C(Nc1ccc2[nH]ncc2c1)c1ccc2nc[nH]c2c1. The number of aromatic amines is 2. The van der Waals surface area contributed by atoms with E-state index >= 15 is 0 Å². The molecule has 0 bridgehead atoms. The second-order valence-corrected chi connectivity index (χ2v) is 4.76. The van der Waals surface area contributed by atoms with Crippen LogP contribution in [0.25, 0.3) is 21.9 Å². The van der Waals surface area contributed by atoms with Gasteiger partial charge >= 0.3 is 0 Å². The first-order chi connectivity index (χ1) is 10.3. The largest absolute Gasteiger partial charge is 0.345 e. The van der Waals surface area contributed by atoms with Crippen molar-refractivity contribution in [1.82, 2.24) is 20.2 Å². The summed E-state index contributed by atoms with van der Waals surface area (Å²) in [4.78, 5) is 19.4. The van der Waals surface area contributed by atoms with Crippen molar-refractivity contribution in [2.45, 2.75) is 0 Å². The van der Waals surface area contributed by atoms with E-state index in [0.717, 1.165) is 27.6 Å². The summed E-state index contributed by atoms with van der Waals surface area (Å²) in [6.07, 6.45) is 3.33. The van der Waals surface area contributed by atoms with E-state index in [-0.39, 0.29) is 5.91 Å². The van der Waals surface area contributed by atoms with Gasteiger partial charge in [-0.3, -0.25) is 9.89 Å². The predicted molar refractivity (Wildman–Crippen MR) is 80.1 cm³/mol. The van der Waals surface area contributed by atoms with Gasteiger partial charge in [0.25, 0.3) is 5.91 Å². The number of benzene rings is 2. The molecule has 1 amide bonds. The Kier molecular flexibility index (Phi) is 2.47. The fourth-order valence-electron chi connectivity index (χ4n) is 2.30. The molecule has 6 heteroatoms. The molecule has 21 heavy (non-hydrogen) atoms. The first-order valence-corrected chi connectivity index (χ1v) is 6.47. The van der Waals surface area contributed by atoms with Crippen molar-refractivity contribution >= 4 is 33.5 Å². The van der Waals surface area contributed by atoms with Crippen molar-refractivity contribution in [1.29, 1.82) is 0 Å². The van der Waals surface area contributed by atoms with Gasteiger partial charge in [-0.05, 0) is 36.4 Å². The molecule has 0 atom stereocenters. The third-order valence-electron chi connectivity index (χ3n) is 3.38. The topological polar surface area (TPSA) is 86.5 Å². The highest BCUT2D eigenvalue weighted by atomic mass is 16.1. The average Bonchev–Trinajstić information content (AvgIpc) is 3.14. The number of amides is 1. The van der Waals surface area contributed by atoms with Crippen LogP contribution in [0.4, 0.5) is 5.69 Å². The highest BCUT2D eigenvalue weighted by Gasteiger charge is 2.08. The predicted octanol–water partition coefficient (Wildman–Crippen LogP) is 2.69. The normalized spacial score (nSPS) is 11.0. The Labute approximate surface area is 119 Å². The third-order valence-corrected chi connectivity index (χ3v) is 3.38. The van der Waals surface area contributed by atoms with Gasteiger partial charge in [0, 0.05) is 16.6 Å². The monoisotopic (exact) mass is 277 g/mol. The summed E-state index contributed by atoms with van der Waals surface area (Å²) in [6.45, 7) is 0. The number of carbonyl (C=O) groups excluding carboxylic acids is 1. The van der Waals surface area contributed by atoms with Crippen LogP contribution in [-0.4, -0.2) is 26.1 Å². The second-order valence-electron chi connectivity index (χ2n) is 4.76. The highest BCUT2D eigenvalue weighted by molar-refractivity contribution is 6.06. The number of nitrogens with one attached hydrogen (secondary N) is 3. The van der Waals surface area contributed by atoms with E-state index in [1.165, 1.54) is 0 Å². The Morgan fingerprint density at radius 1 is 1.10 bits per heavy atom. The first-order valence-electron chi connectivity index (χ1n) is 6.47. The Hall–Kier alpha value is -3.15. The molecule has 4 aromatic rings. The highest BCUT2D eigenvalue weighted by Crippen LogP contribution is 2.18. The van der Waals surface area contributed by atoms with E-state index < -0.39 is 0 Å². The molecule has 0 unspecified atom stereocenters. The zero-order valence-electron chi connectivity index (χ0n) is 10.9. The molecular formula is C15H11N5O. The number of fused-ring (bicyclic) bond motifs is 2. The lowest BCUT2D eigenvalue weighted by Gasteiger charge is -2.05. The fourth-order valence-corrected chi connectivity index (χ4v) is 2.30. The number of aromatic nitrogens is 4. The van der Waals surface area contributed by atoms with Crippen molar-refractivity contribution in [2.24, 2.45) is 0 Å². The average molecular weight is 277 g/mol. The quantitative estimate of drug-likeness (QED) is 0.526. The van der Waals surface area contributed by atoms with Gasteiger partial charge in [0.2, 0.25) is 0 Å². The van der Waals surface area contributed by atoms with Crippen LogP contribution in [0.1, 0.15) is 10.4 Å². The fraction of sp³-hybridized carbons (Fsp3) is 0. The summed E-state index contributed by atoms with van der Waals surface area (Å²) in [7, 11) is 0. The van der Waals surface area contributed by atoms with E-state index in [4.69, 9.17) is 0 Å². The van der Waals surface area contributed by atoms with E-state index in [1.807, 2.05) is 24.3 Å². The molecule has 0 aliphatic rings. The lowest BCUT2D eigenvalue weighted by atomic mass is 10.1. The van der Waals surface area contributed by atoms with Gasteiger partial charge in [-0.25, -0.2) is 4.98 Å². The van der Waals surface area contributed by atoms with E-state index in [2.05, 4.69) is 25.5 Å². The summed E-state index contributed by atoms with van der Waals surface area (Å²) in [5, 5.41) is 10.7. The van der Waals surface area contributed by atoms with Gasteiger partial charge in [0.15, 0.2) is 0 Å². The van der Waals surface area contributed by atoms with Crippen molar-refractivity contribution in [3.63, 3.8) is 0 Å². The second kappa shape index (κ2) is 4.45. The number of rotatable bonds is 2. The molecule has 0 fully saturated rings. The molecule has 6 nitrogen and oxygen atoms in total. The molecule has 0 saturated heterocycles. The molecule has 0 spiro atoms. The van der Waals surface area contributed by atoms with Crippen LogP contribution in [0.15, 0.2) is 48.9 Å². The standard InChI is InChI=1S/C15H11N5O/c21-15(9-1-3-13-14(6-9)17-8-16-13)19-11-2-4-12-10(5-11)7-18-20-12/h1-8H,(H,16,17)(H,18,20)(H,19,21). The maximum absolute atomic E-state index is 12.3. The number of H-pyrrole nitrogens is 2. The molecule has 2 aromatic carbocycles. The smallest absolute Gasteiger partial charge is 0.255 e. The summed E-state index contributed by atoms with van der Waals surface area (Å²) in [5.41, 5.74) is 3.93. The number of anilines is 1. The van der Waals surface area contributed by atoms with Crippen LogP contribution in [0.2, 0.25) is 0 Å². The summed E-state index contributed by atoms with van der Waals surface area (Å²) in [5.74, 6) is -0.158. The van der Waals surface area contributed by atoms with Gasteiger partial charge < -0.3 is 10.3 Å². The summed E-state index contributed by atoms with van der Waals surface area (Å²) < 4.78 is 0. The molecular weight excluding hydrogens is 266 g/mol. The van der Waals surface area contributed by atoms with Crippen LogP contribution >= 0.6 is 0 Å². The minimum Gasteiger partial charge on any atom is -0.345 e. The van der Waals surface area contributed by atoms with E-state index in [9.17, 15) is 4.79 Å². The number of nitrogens with zero attached hydrogens (tertiary/aromatic N) is 2. The van der Waals surface area contributed by atoms with Gasteiger partial charge in [-0.1, -0.05) is 0 Å². The van der Waals surface area contributed by atoms with E-state index in [0.29, 0.717) is 5.56 Å². The van der Waals surface area contributed by atoms with Gasteiger partial charge in [-0.15, -0.1) is 0 Å². The summed E-state index contributed by atoms with van der Waals surface area (Å²) in [6, 6.07) is 11.0. The van der Waals surface area contributed by atoms with Crippen LogP contribution in [0.3, 0.4) is 0 Å². The van der Waals surface area contributed by atoms with Crippen LogP contribution in [-0.2, 0) is 0 Å². The number of imidazole rings is 1. The molecule has 0 radical (unpaired) electrons. The Morgan fingerprint density at radius 3 is 3.00 bits per heavy atom. The van der Waals surface area contributed by atoms with Gasteiger partial charge in [-0.2, -0.15) is 5.10 Å². The van der Waals surface area contributed by atoms with Crippen molar-refractivity contribution < 1.29 is 4.79 Å². The molecule has 2 aromatic heterocycles. The lowest BCUT2D eigenvalue weighted by Crippen LogP contribution is -2.11. The third kappa shape index (κ3) is 2.02. The van der Waals surface area contributed by atoms with E-state index in [1.54, 1.807) is 24.7 Å². The minimum atomic E-state index is -0.158. The van der Waals surface area contributed by atoms with Crippen LogP contribution in [0, 0.1) is 0 Å². The maximum Gasteiger partial charge on any atom is 0.255 e. The Balaban J connectivity index is 1.64. The van der Waals surface area contributed by atoms with Crippen LogP contribution < -0.4 is 5.32 Å². The number of hydrogen-bond donors (Lipinski definition) is 3. The molecule has 102 valence electrons. The van der Waals surface area contributed by atoms with Crippen molar-refractivity contribution in [2.75, 3.05) is 5.32 Å². The maximum atomic E-state index is 12.3. The van der Waals surface area contributed by atoms with Gasteiger partial charge in [0.1, 0.15) is 0 Å². The van der Waals surface area contributed by atoms with Crippen LogP contribution in [0.5, 0.6) is 0 Å². The molecule has 2 heterocycles. The Morgan fingerprint density at radius 2 is 2.05 bits per heavy atom. The first kappa shape index (κ1) is 11.7. The Bertz CT molecular complexity index is 953. The molecule has 0 aliphatic carbocycles. The van der Waals surface area contributed by atoms with Crippen molar-refractivity contribution in [3.05, 3.63) is 54.5 Å². The number of hydrogen-bond acceptors (Lipinski definition) is 3. The lowest BCUT2D eigenvalue weighted by molar-refractivity contribution is 0.102. The number of carbonyl (C=O) groups is 1. The zero-order valence-corrected chi connectivity index (χ0v) is 10.9. The molecule has 0 aliphatic heterocycles. The summed E-state index contributed by atoms with van der Waals surface area (Å²) >= 11 is 0. The zero-order chi connectivity index (χ0) is 14.2. The molecule has 3 N–H and O–H groups in total. The molecule has 4 rings (SSSR count). The molecule has 0 saturated carbocycles. The van der Waals surface area contributed by atoms with Gasteiger partial charge in [0.05, 0.1) is 29.1 Å². The minimum absolute atomic E-state index is 0.158. The van der Waals surface area contributed by atoms with Crippen molar-refractivity contribution in [3.8, 4) is 0 Å².